The molecule has 0 aromatic heterocycles. The number of carbonyl (C=O) groups excluding carboxylic acids is 2. The van der Waals surface area contributed by atoms with Crippen LogP contribution in [0.15, 0.2) is 36.4 Å². The number of hydrogen-bond acceptors (Lipinski definition) is 4. The third-order valence-corrected chi connectivity index (χ3v) is 4.89. The van der Waals surface area contributed by atoms with Crippen molar-refractivity contribution in [3.8, 4) is 0 Å². The molecule has 5 nitrogen and oxygen atoms in total. The molecule has 1 aliphatic rings. The number of rotatable bonds is 3. The Bertz CT molecular complexity index is 890. The van der Waals surface area contributed by atoms with Crippen molar-refractivity contribution in [1.82, 2.24) is 4.90 Å². The third-order valence-electron chi connectivity index (χ3n) is 4.27. The van der Waals surface area contributed by atoms with E-state index in [-0.39, 0.29) is 34.7 Å². The lowest BCUT2D eigenvalue weighted by atomic mass is 10.1. The van der Waals surface area contributed by atoms with Gasteiger partial charge >= 0.3 is 5.97 Å². The van der Waals surface area contributed by atoms with E-state index in [1.807, 2.05) is 0 Å². The first-order valence-corrected chi connectivity index (χ1v) is 8.90. The smallest absolute Gasteiger partial charge is 0.337 e. The summed E-state index contributed by atoms with van der Waals surface area (Å²) in [5, 5.41) is 0.195. The lowest BCUT2D eigenvalue weighted by molar-refractivity contribution is -0.0228. The van der Waals surface area contributed by atoms with Crippen LogP contribution in [0.3, 0.4) is 0 Å². The highest BCUT2D eigenvalue weighted by atomic mass is 35.5. The Morgan fingerprint density at radius 2 is 1.93 bits per heavy atom. The Labute approximate surface area is 165 Å². The molecule has 2 aromatic rings. The largest absolute Gasteiger partial charge is 0.465 e. The Morgan fingerprint density at radius 3 is 2.67 bits per heavy atom. The van der Waals surface area contributed by atoms with Crippen molar-refractivity contribution in [2.45, 2.75) is 6.10 Å². The molecule has 1 heterocycles. The molecule has 0 bridgehead atoms. The van der Waals surface area contributed by atoms with Crippen molar-refractivity contribution in [3.63, 3.8) is 0 Å². The summed E-state index contributed by atoms with van der Waals surface area (Å²) in [4.78, 5) is 26.1. The molecular formula is C19H16Cl2FNO4. The zero-order valence-corrected chi connectivity index (χ0v) is 15.9. The highest BCUT2D eigenvalue weighted by molar-refractivity contribution is 6.35. The molecule has 1 fully saturated rings. The topological polar surface area (TPSA) is 55.8 Å². The van der Waals surface area contributed by atoms with Gasteiger partial charge in [-0.3, -0.25) is 4.79 Å². The van der Waals surface area contributed by atoms with Crippen molar-refractivity contribution in [2.75, 3.05) is 26.8 Å². The van der Waals surface area contributed by atoms with E-state index in [1.165, 1.54) is 25.3 Å². The maximum Gasteiger partial charge on any atom is 0.337 e. The molecule has 8 heteroatoms. The molecule has 1 amide bonds. The van der Waals surface area contributed by atoms with Crippen molar-refractivity contribution >= 4 is 35.1 Å². The van der Waals surface area contributed by atoms with Gasteiger partial charge in [0, 0.05) is 22.7 Å². The summed E-state index contributed by atoms with van der Waals surface area (Å²) in [7, 11) is 1.28. The first kappa shape index (κ1) is 19.6. The maximum absolute atomic E-state index is 13.8. The van der Waals surface area contributed by atoms with Gasteiger partial charge in [-0.15, -0.1) is 0 Å². The number of ether oxygens (including phenoxy) is 2. The molecule has 0 saturated carbocycles. The summed E-state index contributed by atoms with van der Waals surface area (Å²) in [5.41, 5.74) is 1.07. The monoisotopic (exact) mass is 411 g/mol. The maximum atomic E-state index is 13.8. The molecule has 0 radical (unpaired) electrons. The number of nitrogens with zero attached hydrogens (tertiary/aromatic N) is 1. The van der Waals surface area contributed by atoms with Crippen molar-refractivity contribution < 1.29 is 23.5 Å². The fourth-order valence-corrected chi connectivity index (χ4v) is 3.39. The third kappa shape index (κ3) is 4.24. The van der Waals surface area contributed by atoms with E-state index in [1.54, 1.807) is 23.1 Å². The minimum absolute atomic E-state index is 0.0767. The van der Waals surface area contributed by atoms with E-state index in [2.05, 4.69) is 4.74 Å². The van der Waals surface area contributed by atoms with Crippen LogP contribution in [0.25, 0.3) is 0 Å². The minimum atomic E-state index is -0.603. The lowest BCUT2D eigenvalue weighted by Gasteiger charge is -2.33. The molecule has 1 saturated heterocycles. The van der Waals surface area contributed by atoms with Gasteiger partial charge in [-0.05, 0) is 30.3 Å². The first-order valence-electron chi connectivity index (χ1n) is 8.14. The molecule has 2 aromatic carbocycles. The summed E-state index contributed by atoms with van der Waals surface area (Å²) in [6.07, 6.45) is -0.578. The Kier molecular flexibility index (Phi) is 5.99. The minimum Gasteiger partial charge on any atom is -0.465 e. The molecule has 1 atom stereocenters. The Morgan fingerprint density at radius 1 is 1.19 bits per heavy atom. The van der Waals surface area contributed by atoms with Crippen molar-refractivity contribution in [1.29, 1.82) is 0 Å². The van der Waals surface area contributed by atoms with Crippen LogP contribution in [0.1, 0.15) is 32.4 Å². The second-order valence-electron chi connectivity index (χ2n) is 5.97. The van der Waals surface area contributed by atoms with Gasteiger partial charge in [-0.1, -0.05) is 29.3 Å². The predicted molar refractivity (Wildman–Crippen MR) is 98.8 cm³/mol. The van der Waals surface area contributed by atoms with Crippen LogP contribution in [0.2, 0.25) is 10.0 Å². The Hall–Kier alpha value is -2.15. The summed E-state index contributed by atoms with van der Waals surface area (Å²) < 4.78 is 24.2. The van der Waals surface area contributed by atoms with E-state index in [4.69, 9.17) is 27.9 Å². The van der Waals surface area contributed by atoms with Gasteiger partial charge in [0.25, 0.3) is 5.91 Å². The van der Waals surface area contributed by atoms with Gasteiger partial charge in [-0.2, -0.15) is 0 Å². The second kappa shape index (κ2) is 8.25. The van der Waals surface area contributed by atoms with E-state index >= 15 is 0 Å². The summed E-state index contributed by atoms with van der Waals surface area (Å²) >= 11 is 11.9. The van der Waals surface area contributed by atoms with Crippen LogP contribution < -0.4 is 0 Å². The van der Waals surface area contributed by atoms with Gasteiger partial charge < -0.3 is 14.4 Å². The quantitative estimate of drug-likeness (QED) is 0.562. The molecular weight excluding hydrogens is 396 g/mol. The molecule has 0 N–H and O–H groups in total. The number of morpholine rings is 1. The van der Waals surface area contributed by atoms with Crippen LogP contribution >= 0.6 is 23.2 Å². The van der Waals surface area contributed by atoms with E-state index < -0.39 is 17.9 Å². The van der Waals surface area contributed by atoms with Crippen LogP contribution in [0.4, 0.5) is 4.39 Å². The highest BCUT2D eigenvalue weighted by Crippen LogP contribution is 2.32. The highest BCUT2D eigenvalue weighted by Gasteiger charge is 2.28. The van der Waals surface area contributed by atoms with Crippen molar-refractivity contribution in [2.24, 2.45) is 0 Å². The fourth-order valence-electron chi connectivity index (χ4n) is 2.89. The Balaban J connectivity index is 1.81. The van der Waals surface area contributed by atoms with Gasteiger partial charge in [0.15, 0.2) is 0 Å². The summed E-state index contributed by atoms with van der Waals surface area (Å²) in [5.74, 6) is -1.39. The molecule has 142 valence electrons. The van der Waals surface area contributed by atoms with Gasteiger partial charge in [0.1, 0.15) is 11.9 Å². The number of halogens is 3. The van der Waals surface area contributed by atoms with Crippen molar-refractivity contribution in [3.05, 3.63) is 69.0 Å². The molecule has 0 spiro atoms. The normalized spacial score (nSPS) is 16.9. The molecule has 0 aliphatic carbocycles. The summed E-state index contributed by atoms with van der Waals surface area (Å²) in [6.45, 7) is 0.835. The summed E-state index contributed by atoms with van der Waals surface area (Å²) in [6, 6.07) is 8.82. The lowest BCUT2D eigenvalue weighted by Crippen LogP contribution is -2.42. The number of benzene rings is 2. The molecule has 1 unspecified atom stereocenters. The van der Waals surface area contributed by atoms with E-state index in [0.717, 1.165) is 0 Å². The standard InChI is InChI=1S/C19H16Cl2FNO4/c1-26-19(25)12-4-2-3-11(7-12)18(24)23-5-6-27-17(10-23)13-8-16(22)15(21)9-14(13)20/h2-4,7-9,17H,5-6,10H2,1H3. The van der Waals surface area contributed by atoms with Crippen LogP contribution in [0.5, 0.6) is 0 Å². The van der Waals surface area contributed by atoms with E-state index in [9.17, 15) is 14.0 Å². The fraction of sp³-hybridized carbons (Fsp3) is 0.263. The zero-order valence-electron chi connectivity index (χ0n) is 14.4. The van der Waals surface area contributed by atoms with Crippen LogP contribution in [-0.2, 0) is 9.47 Å². The number of esters is 1. The van der Waals surface area contributed by atoms with Gasteiger partial charge in [0.05, 0.1) is 30.8 Å². The molecule has 27 heavy (non-hydrogen) atoms. The average Bonchev–Trinajstić information content (AvgIpc) is 2.69. The van der Waals surface area contributed by atoms with E-state index in [0.29, 0.717) is 17.7 Å². The first-order chi connectivity index (χ1) is 12.9. The zero-order chi connectivity index (χ0) is 19.6. The SMILES string of the molecule is COC(=O)c1cccc(C(=O)N2CCOC(c3cc(F)c(Cl)cc3Cl)C2)c1. The second-order valence-corrected chi connectivity index (χ2v) is 6.79. The van der Waals surface area contributed by atoms with Crippen LogP contribution in [0, 0.1) is 5.82 Å². The van der Waals surface area contributed by atoms with Gasteiger partial charge in [-0.25, -0.2) is 9.18 Å². The molecule has 3 rings (SSSR count). The predicted octanol–water partition coefficient (Wildman–Crippen LogP) is 4.13. The number of hydrogen-bond donors (Lipinski definition) is 0. The molecule has 1 aliphatic heterocycles. The van der Waals surface area contributed by atoms with Gasteiger partial charge in [0.2, 0.25) is 0 Å². The number of amides is 1. The average molecular weight is 412 g/mol. The number of carbonyl (C=O) groups is 2. The van der Waals surface area contributed by atoms with Crippen LogP contribution in [-0.4, -0.2) is 43.6 Å². The number of methoxy groups -OCH3 is 1.